The Morgan fingerprint density at radius 2 is 2.00 bits per heavy atom. The minimum absolute atomic E-state index is 0.168. The Labute approximate surface area is 103 Å². The molecule has 0 radical (unpaired) electrons. The van der Waals surface area contributed by atoms with Crippen LogP contribution in [0.5, 0.6) is 0 Å². The largest absolute Gasteiger partial charge is 0.352 e. The lowest BCUT2D eigenvalue weighted by atomic mass is 9.98. The van der Waals surface area contributed by atoms with E-state index >= 15 is 0 Å². The van der Waals surface area contributed by atoms with Gasteiger partial charge in [-0.3, -0.25) is 4.79 Å². The maximum Gasteiger partial charge on any atom is 0.225 e. The first-order valence-corrected chi connectivity index (χ1v) is 6.13. The minimum Gasteiger partial charge on any atom is -0.352 e. The average molecular weight is 232 g/mol. The van der Waals surface area contributed by atoms with Gasteiger partial charge in [0.2, 0.25) is 5.91 Å². The van der Waals surface area contributed by atoms with Gasteiger partial charge in [-0.25, -0.2) is 0 Å². The summed E-state index contributed by atoms with van der Waals surface area (Å²) in [4.78, 5) is 11.7. The molecule has 1 fully saturated rings. The highest BCUT2D eigenvalue weighted by Crippen LogP contribution is 2.17. The van der Waals surface area contributed by atoms with Gasteiger partial charge in [0.1, 0.15) is 0 Å². The summed E-state index contributed by atoms with van der Waals surface area (Å²) < 4.78 is 0. The van der Waals surface area contributed by atoms with Crippen LogP contribution in [0.15, 0.2) is 12.1 Å². The van der Waals surface area contributed by atoms with Crippen LogP contribution in [-0.4, -0.2) is 19.0 Å². The van der Waals surface area contributed by atoms with E-state index in [1.807, 2.05) is 0 Å². The molecular formula is C14H20N2O. The van der Waals surface area contributed by atoms with Crippen molar-refractivity contribution in [3.8, 4) is 0 Å². The van der Waals surface area contributed by atoms with E-state index in [2.05, 4.69) is 43.5 Å². The van der Waals surface area contributed by atoms with E-state index in [4.69, 9.17) is 0 Å². The maximum atomic E-state index is 11.7. The van der Waals surface area contributed by atoms with E-state index < -0.39 is 0 Å². The van der Waals surface area contributed by atoms with Gasteiger partial charge in [-0.2, -0.15) is 0 Å². The molecule has 1 aliphatic heterocycles. The Kier molecular flexibility index (Phi) is 3.48. The summed E-state index contributed by atoms with van der Waals surface area (Å²) in [6.45, 7) is 8.64. The fraction of sp³-hybridized carbons (Fsp3) is 0.500. The van der Waals surface area contributed by atoms with Gasteiger partial charge in [-0.15, -0.1) is 0 Å². The summed E-state index contributed by atoms with van der Waals surface area (Å²) in [6.07, 6.45) is 0. The van der Waals surface area contributed by atoms with Gasteiger partial charge in [0.25, 0.3) is 0 Å². The highest BCUT2D eigenvalue weighted by atomic mass is 16.2. The zero-order valence-electron chi connectivity index (χ0n) is 10.8. The Balaban J connectivity index is 1.99. The third kappa shape index (κ3) is 2.50. The molecule has 1 saturated heterocycles. The number of hydrogen-bond acceptors (Lipinski definition) is 2. The second-order valence-electron chi connectivity index (χ2n) is 4.86. The molecule has 0 bridgehead atoms. The second kappa shape index (κ2) is 4.88. The standard InChI is InChI=1S/C14H20N2O/c1-9-4-5-12(11(3)10(9)2)8-16-14(17)13-6-15-7-13/h4-5,13,15H,6-8H2,1-3H3,(H,16,17). The summed E-state index contributed by atoms with van der Waals surface area (Å²) >= 11 is 0. The molecule has 1 aromatic rings. The number of carbonyl (C=O) groups is 1. The van der Waals surface area contributed by atoms with Crippen LogP contribution >= 0.6 is 0 Å². The van der Waals surface area contributed by atoms with E-state index in [9.17, 15) is 4.79 Å². The Hall–Kier alpha value is -1.35. The molecule has 2 rings (SSSR count). The normalized spacial score (nSPS) is 15.5. The van der Waals surface area contributed by atoms with Crippen molar-refractivity contribution in [2.24, 2.45) is 5.92 Å². The summed E-state index contributed by atoms with van der Waals surface area (Å²) in [6, 6.07) is 4.23. The third-order valence-corrected chi connectivity index (χ3v) is 3.78. The molecule has 1 amide bonds. The lowest BCUT2D eigenvalue weighted by molar-refractivity contribution is -0.126. The molecule has 2 N–H and O–H groups in total. The second-order valence-corrected chi connectivity index (χ2v) is 4.86. The van der Waals surface area contributed by atoms with Gasteiger partial charge in [-0.1, -0.05) is 12.1 Å². The van der Waals surface area contributed by atoms with E-state index in [0.29, 0.717) is 6.54 Å². The van der Waals surface area contributed by atoms with Crippen molar-refractivity contribution in [1.29, 1.82) is 0 Å². The minimum atomic E-state index is 0.168. The zero-order chi connectivity index (χ0) is 12.4. The van der Waals surface area contributed by atoms with E-state index in [0.717, 1.165) is 13.1 Å². The number of benzene rings is 1. The van der Waals surface area contributed by atoms with Gasteiger partial charge in [0.05, 0.1) is 5.92 Å². The van der Waals surface area contributed by atoms with Crippen molar-refractivity contribution in [2.45, 2.75) is 27.3 Å². The first kappa shape index (κ1) is 12.1. The van der Waals surface area contributed by atoms with Gasteiger partial charge < -0.3 is 10.6 Å². The van der Waals surface area contributed by atoms with Crippen molar-refractivity contribution >= 4 is 5.91 Å². The number of aryl methyl sites for hydroxylation is 1. The smallest absolute Gasteiger partial charge is 0.225 e. The SMILES string of the molecule is Cc1ccc(CNC(=O)C2CNC2)c(C)c1C. The Morgan fingerprint density at radius 3 is 2.59 bits per heavy atom. The summed E-state index contributed by atoms with van der Waals surface area (Å²) in [5.41, 5.74) is 5.13. The summed E-state index contributed by atoms with van der Waals surface area (Å²) in [5.74, 6) is 0.336. The molecule has 17 heavy (non-hydrogen) atoms. The maximum absolute atomic E-state index is 11.7. The van der Waals surface area contributed by atoms with Gasteiger partial charge in [0.15, 0.2) is 0 Å². The molecule has 3 nitrogen and oxygen atoms in total. The summed E-state index contributed by atoms with van der Waals surface area (Å²) in [7, 11) is 0. The lowest BCUT2D eigenvalue weighted by Crippen LogP contribution is -2.50. The highest BCUT2D eigenvalue weighted by molar-refractivity contribution is 5.80. The predicted molar refractivity (Wildman–Crippen MR) is 68.9 cm³/mol. The summed E-state index contributed by atoms with van der Waals surface area (Å²) in [5, 5.41) is 6.12. The average Bonchev–Trinajstić information content (AvgIpc) is 2.22. The number of hydrogen-bond donors (Lipinski definition) is 2. The van der Waals surface area contributed by atoms with Crippen LogP contribution < -0.4 is 10.6 Å². The van der Waals surface area contributed by atoms with Crippen LogP contribution in [0.4, 0.5) is 0 Å². The van der Waals surface area contributed by atoms with Crippen molar-refractivity contribution in [2.75, 3.05) is 13.1 Å². The molecule has 1 heterocycles. The Bertz CT molecular complexity index is 436. The van der Waals surface area contributed by atoms with Crippen LogP contribution in [0.25, 0.3) is 0 Å². The number of amides is 1. The molecule has 1 aromatic carbocycles. The topological polar surface area (TPSA) is 41.1 Å². The van der Waals surface area contributed by atoms with Crippen molar-refractivity contribution in [3.63, 3.8) is 0 Å². The predicted octanol–water partition coefficient (Wildman–Crippen LogP) is 1.45. The van der Waals surface area contributed by atoms with Crippen molar-refractivity contribution in [3.05, 3.63) is 34.4 Å². The molecule has 0 aliphatic carbocycles. The van der Waals surface area contributed by atoms with Gasteiger partial charge in [0, 0.05) is 19.6 Å². The fourth-order valence-corrected chi connectivity index (χ4v) is 2.00. The molecule has 0 saturated carbocycles. The zero-order valence-corrected chi connectivity index (χ0v) is 10.8. The molecule has 92 valence electrons. The quantitative estimate of drug-likeness (QED) is 0.828. The monoisotopic (exact) mass is 232 g/mol. The van der Waals surface area contributed by atoms with Crippen LogP contribution in [0.2, 0.25) is 0 Å². The molecular weight excluding hydrogens is 212 g/mol. The first-order valence-electron chi connectivity index (χ1n) is 6.13. The van der Waals surface area contributed by atoms with E-state index in [-0.39, 0.29) is 11.8 Å². The fourth-order valence-electron chi connectivity index (χ4n) is 2.00. The van der Waals surface area contributed by atoms with E-state index in [1.165, 1.54) is 22.3 Å². The first-order chi connectivity index (χ1) is 8.09. The number of carbonyl (C=O) groups excluding carboxylic acids is 1. The number of rotatable bonds is 3. The molecule has 0 spiro atoms. The third-order valence-electron chi connectivity index (χ3n) is 3.78. The number of nitrogens with one attached hydrogen (secondary N) is 2. The van der Waals surface area contributed by atoms with Crippen LogP contribution in [0.3, 0.4) is 0 Å². The molecule has 0 unspecified atom stereocenters. The lowest BCUT2D eigenvalue weighted by Gasteiger charge is -2.26. The van der Waals surface area contributed by atoms with Crippen molar-refractivity contribution in [1.82, 2.24) is 10.6 Å². The molecule has 0 aromatic heterocycles. The van der Waals surface area contributed by atoms with Crippen LogP contribution in [0.1, 0.15) is 22.3 Å². The van der Waals surface area contributed by atoms with Gasteiger partial charge >= 0.3 is 0 Å². The van der Waals surface area contributed by atoms with Crippen LogP contribution in [0, 0.1) is 26.7 Å². The Morgan fingerprint density at radius 1 is 1.29 bits per heavy atom. The molecule has 0 atom stereocenters. The van der Waals surface area contributed by atoms with Crippen molar-refractivity contribution < 1.29 is 4.79 Å². The molecule has 3 heteroatoms. The van der Waals surface area contributed by atoms with Gasteiger partial charge in [-0.05, 0) is 43.0 Å². The highest BCUT2D eigenvalue weighted by Gasteiger charge is 2.24. The van der Waals surface area contributed by atoms with Crippen LogP contribution in [-0.2, 0) is 11.3 Å². The molecule has 1 aliphatic rings. The van der Waals surface area contributed by atoms with E-state index in [1.54, 1.807) is 0 Å².